The number of hydrogen-bond acceptors (Lipinski definition) is 4. The molecular formula is C24H27N3O3. The van der Waals surface area contributed by atoms with E-state index < -0.39 is 12.0 Å². The van der Waals surface area contributed by atoms with Gasteiger partial charge in [0, 0.05) is 18.2 Å². The van der Waals surface area contributed by atoms with E-state index in [1.54, 1.807) is 11.0 Å². The van der Waals surface area contributed by atoms with Gasteiger partial charge in [0.05, 0.1) is 12.0 Å². The van der Waals surface area contributed by atoms with E-state index in [1.165, 1.54) is 0 Å². The number of nitrogens with one attached hydrogen (secondary N) is 1. The summed E-state index contributed by atoms with van der Waals surface area (Å²) >= 11 is 0. The van der Waals surface area contributed by atoms with Gasteiger partial charge in [-0.05, 0) is 36.5 Å². The lowest BCUT2D eigenvalue weighted by Crippen LogP contribution is -2.56. The monoisotopic (exact) mass is 405 g/mol. The molecule has 1 aliphatic heterocycles. The van der Waals surface area contributed by atoms with E-state index in [-0.39, 0.29) is 24.4 Å². The van der Waals surface area contributed by atoms with Gasteiger partial charge >= 0.3 is 0 Å². The molecule has 6 heteroatoms. The fraction of sp³-hybridized carbons (Fsp3) is 0.417. The van der Waals surface area contributed by atoms with Gasteiger partial charge in [-0.3, -0.25) is 9.59 Å². The highest BCUT2D eigenvalue weighted by Crippen LogP contribution is 2.38. The molecule has 2 aromatic rings. The van der Waals surface area contributed by atoms with Crippen molar-refractivity contribution in [3.8, 4) is 0 Å². The van der Waals surface area contributed by atoms with E-state index in [2.05, 4.69) is 10.5 Å². The molecule has 1 fully saturated rings. The number of rotatable bonds is 7. The van der Waals surface area contributed by atoms with E-state index >= 15 is 0 Å². The Hall–Kier alpha value is -3.02. The molecule has 156 valence electrons. The van der Waals surface area contributed by atoms with Gasteiger partial charge in [0.2, 0.25) is 5.91 Å². The van der Waals surface area contributed by atoms with Gasteiger partial charge in [-0.15, -0.1) is 0 Å². The molecule has 30 heavy (non-hydrogen) atoms. The highest BCUT2D eigenvalue weighted by Gasteiger charge is 2.46. The van der Waals surface area contributed by atoms with Crippen LogP contribution >= 0.6 is 0 Å². The zero-order chi connectivity index (χ0) is 20.9. The van der Waals surface area contributed by atoms with Gasteiger partial charge in [-0.2, -0.15) is 4.91 Å². The largest absolute Gasteiger partial charge is 0.355 e. The first-order valence-electron chi connectivity index (χ1n) is 10.7. The molecule has 0 unspecified atom stereocenters. The number of amides is 2. The fourth-order valence-corrected chi connectivity index (χ4v) is 4.91. The Morgan fingerprint density at radius 2 is 1.73 bits per heavy atom. The van der Waals surface area contributed by atoms with Crippen LogP contribution in [0.15, 0.2) is 59.8 Å². The van der Waals surface area contributed by atoms with E-state index in [0.717, 1.165) is 37.7 Å². The molecule has 0 radical (unpaired) electrons. The topological polar surface area (TPSA) is 78.8 Å². The minimum Gasteiger partial charge on any atom is -0.355 e. The Morgan fingerprint density at radius 3 is 2.47 bits per heavy atom. The molecule has 1 heterocycles. The summed E-state index contributed by atoms with van der Waals surface area (Å²) in [5.41, 5.74) is 2.41. The van der Waals surface area contributed by atoms with Gasteiger partial charge in [-0.25, -0.2) is 0 Å². The van der Waals surface area contributed by atoms with E-state index in [0.29, 0.717) is 17.7 Å². The Kier molecular flexibility index (Phi) is 6.21. The van der Waals surface area contributed by atoms with E-state index in [9.17, 15) is 14.5 Å². The third-order valence-electron chi connectivity index (χ3n) is 6.32. The molecule has 1 saturated carbocycles. The SMILES string of the molecule is O=NC[C@H]1[C@H](C(=O)NCCc2ccccc2)c2ccccc2C(=O)N1C1CCCC1. The van der Waals surface area contributed by atoms with Gasteiger partial charge in [0.1, 0.15) is 6.54 Å². The second kappa shape index (κ2) is 9.20. The first-order chi connectivity index (χ1) is 14.7. The van der Waals surface area contributed by atoms with Crippen LogP contribution in [-0.2, 0) is 11.2 Å². The number of nitroso groups, excluding NO2 is 1. The van der Waals surface area contributed by atoms with Crippen LogP contribution in [0.25, 0.3) is 0 Å². The molecule has 0 aromatic heterocycles. The summed E-state index contributed by atoms with van der Waals surface area (Å²) in [6.07, 6.45) is 4.66. The van der Waals surface area contributed by atoms with Crippen molar-refractivity contribution in [1.29, 1.82) is 0 Å². The molecular weight excluding hydrogens is 378 g/mol. The average Bonchev–Trinajstić information content (AvgIpc) is 3.29. The molecule has 0 bridgehead atoms. The Morgan fingerprint density at radius 1 is 1.03 bits per heavy atom. The first-order valence-corrected chi connectivity index (χ1v) is 10.7. The lowest BCUT2D eigenvalue weighted by Gasteiger charge is -2.43. The summed E-state index contributed by atoms with van der Waals surface area (Å²) < 4.78 is 0. The standard InChI is InChI=1S/C24H27N3O3/c28-23(25-15-14-17-8-2-1-3-9-17)22-19-12-6-7-13-20(19)24(29)27(21(22)16-26-30)18-10-4-5-11-18/h1-3,6-9,12-13,18,21-22H,4-5,10-11,14-16H2,(H,25,28)/t21-,22+/m0/s1. The number of hydrogen-bond donors (Lipinski definition) is 1. The molecule has 2 atom stereocenters. The number of benzene rings is 2. The quantitative estimate of drug-likeness (QED) is 0.714. The van der Waals surface area contributed by atoms with Crippen LogP contribution in [0.5, 0.6) is 0 Å². The third kappa shape index (κ3) is 3.99. The second-order valence-electron chi connectivity index (χ2n) is 8.12. The summed E-state index contributed by atoms with van der Waals surface area (Å²) in [4.78, 5) is 39.7. The predicted octanol–water partition coefficient (Wildman–Crippen LogP) is 3.66. The highest BCUT2D eigenvalue weighted by atomic mass is 16.3. The fourth-order valence-electron chi connectivity index (χ4n) is 4.91. The van der Waals surface area contributed by atoms with E-state index in [1.807, 2.05) is 48.5 Å². The van der Waals surface area contributed by atoms with Crippen LogP contribution in [0.1, 0.15) is 53.1 Å². The lowest BCUT2D eigenvalue weighted by molar-refractivity contribution is -0.124. The van der Waals surface area contributed by atoms with Gasteiger partial charge < -0.3 is 10.2 Å². The molecule has 4 rings (SSSR count). The van der Waals surface area contributed by atoms with Crippen LogP contribution in [-0.4, -0.2) is 41.9 Å². The maximum absolute atomic E-state index is 13.3. The Labute approximate surface area is 176 Å². The summed E-state index contributed by atoms with van der Waals surface area (Å²) in [7, 11) is 0. The number of carbonyl (C=O) groups excluding carboxylic acids is 2. The normalized spacial score (nSPS) is 21.3. The van der Waals surface area contributed by atoms with Crippen molar-refractivity contribution in [2.45, 2.75) is 50.1 Å². The number of nitrogens with zero attached hydrogens (tertiary/aromatic N) is 2. The van der Waals surface area contributed by atoms with Gasteiger partial charge in [0.15, 0.2) is 0 Å². The van der Waals surface area contributed by atoms with Crippen molar-refractivity contribution in [3.63, 3.8) is 0 Å². The molecule has 2 amide bonds. The molecule has 6 nitrogen and oxygen atoms in total. The van der Waals surface area contributed by atoms with Crippen molar-refractivity contribution in [3.05, 3.63) is 76.2 Å². The van der Waals surface area contributed by atoms with Crippen molar-refractivity contribution in [2.75, 3.05) is 13.1 Å². The lowest BCUT2D eigenvalue weighted by atomic mass is 9.81. The van der Waals surface area contributed by atoms with Crippen molar-refractivity contribution < 1.29 is 9.59 Å². The average molecular weight is 405 g/mol. The van der Waals surface area contributed by atoms with Crippen molar-refractivity contribution in [1.82, 2.24) is 10.2 Å². The van der Waals surface area contributed by atoms with Crippen LogP contribution in [0.2, 0.25) is 0 Å². The minimum absolute atomic E-state index is 0.0669. The maximum Gasteiger partial charge on any atom is 0.254 e. The third-order valence-corrected chi connectivity index (χ3v) is 6.32. The molecule has 1 N–H and O–H groups in total. The minimum atomic E-state index is -0.590. The van der Waals surface area contributed by atoms with Crippen molar-refractivity contribution in [2.24, 2.45) is 5.18 Å². The Balaban J connectivity index is 1.60. The summed E-state index contributed by atoms with van der Waals surface area (Å²) in [6.45, 7) is 0.424. The smallest absolute Gasteiger partial charge is 0.254 e. The summed E-state index contributed by atoms with van der Waals surface area (Å²) in [5.74, 6) is -0.824. The highest BCUT2D eigenvalue weighted by molar-refractivity contribution is 6.01. The zero-order valence-corrected chi connectivity index (χ0v) is 17.0. The van der Waals surface area contributed by atoms with E-state index in [4.69, 9.17) is 0 Å². The molecule has 2 aliphatic rings. The van der Waals surface area contributed by atoms with Crippen LogP contribution in [0.3, 0.4) is 0 Å². The van der Waals surface area contributed by atoms with Crippen LogP contribution in [0, 0.1) is 4.91 Å². The second-order valence-corrected chi connectivity index (χ2v) is 8.12. The van der Waals surface area contributed by atoms with Crippen LogP contribution < -0.4 is 5.32 Å². The molecule has 0 saturated heterocycles. The number of fused-ring (bicyclic) bond motifs is 1. The van der Waals surface area contributed by atoms with Crippen LogP contribution in [0.4, 0.5) is 0 Å². The van der Waals surface area contributed by atoms with Gasteiger partial charge in [0.25, 0.3) is 5.91 Å². The molecule has 0 spiro atoms. The number of carbonyl (C=O) groups is 2. The first kappa shape index (κ1) is 20.3. The van der Waals surface area contributed by atoms with Gasteiger partial charge in [-0.1, -0.05) is 66.5 Å². The van der Waals surface area contributed by atoms with Crippen molar-refractivity contribution >= 4 is 11.8 Å². The summed E-state index contributed by atoms with van der Waals surface area (Å²) in [6, 6.07) is 16.8. The molecule has 2 aromatic carbocycles. The molecule has 1 aliphatic carbocycles. The maximum atomic E-state index is 13.3. The summed E-state index contributed by atoms with van der Waals surface area (Å²) in [5, 5.41) is 6.16. The Bertz CT molecular complexity index is 909. The zero-order valence-electron chi connectivity index (χ0n) is 17.0. The predicted molar refractivity (Wildman–Crippen MR) is 115 cm³/mol.